The molecule has 3 heteroatoms. The zero-order valence-corrected chi connectivity index (χ0v) is 11.3. The van der Waals surface area contributed by atoms with Gasteiger partial charge in [-0.05, 0) is 36.6 Å². The van der Waals surface area contributed by atoms with Crippen molar-refractivity contribution in [2.24, 2.45) is 0 Å². The van der Waals surface area contributed by atoms with Crippen LogP contribution >= 0.6 is 11.6 Å². The summed E-state index contributed by atoms with van der Waals surface area (Å²) >= 11 is 6.27. The average Bonchev–Trinajstić information content (AvgIpc) is 2.37. The Kier molecular flexibility index (Phi) is 3.78. The van der Waals surface area contributed by atoms with E-state index in [9.17, 15) is 0 Å². The number of benzene rings is 2. The third kappa shape index (κ3) is 2.59. The first kappa shape index (κ1) is 12.8. The molecule has 18 heavy (non-hydrogen) atoms. The van der Waals surface area contributed by atoms with E-state index in [-0.39, 0.29) is 0 Å². The van der Waals surface area contributed by atoms with Crippen LogP contribution in [0.15, 0.2) is 36.4 Å². The highest BCUT2D eigenvalue weighted by Gasteiger charge is 2.11. The fraction of sp³-hybridized carbons (Fsp3) is 0.200. The van der Waals surface area contributed by atoms with Gasteiger partial charge in [-0.15, -0.1) is 0 Å². The van der Waals surface area contributed by atoms with Crippen molar-refractivity contribution in [1.29, 1.82) is 0 Å². The minimum Gasteiger partial charge on any atom is -0.485 e. The van der Waals surface area contributed by atoms with Crippen LogP contribution in [0.25, 0.3) is 0 Å². The molecule has 0 aliphatic carbocycles. The van der Waals surface area contributed by atoms with Crippen molar-refractivity contribution >= 4 is 17.3 Å². The largest absolute Gasteiger partial charge is 0.485 e. The SMILES string of the molecule is Cc1cc(N)c(OCc2ccccc2)c(Cl)c1C. The molecule has 2 N–H and O–H groups in total. The van der Waals surface area contributed by atoms with Gasteiger partial charge in [0, 0.05) is 0 Å². The van der Waals surface area contributed by atoms with Gasteiger partial charge in [-0.3, -0.25) is 0 Å². The Hall–Kier alpha value is -1.67. The van der Waals surface area contributed by atoms with E-state index < -0.39 is 0 Å². The molecule has 0 bridgehead atoms. The number of hydrogen-bond donors (Lipinski definition) is 1. The second-order valence-electron chi connectivity index (χ2n) is 4.33. The topological polar surface area (TPSA) is 35.2 Å². The zero-order chi connectivity index (χ0) is 13.1. The van der Waals surface area contributed by atoms with E-state index in [0.29, 0.717) is 23.1 Å². The monoisotopic (exact) mass is 261 g/mol. The van der Waals surface area contributed by atoms with Gasteiger partial charge in [-0.2, -0.15) is 0 Å². The Bertz CT molecular complexity index is 552. The molecule has 0 aliphatic heterocycles. The van der Waals surface area contributed by atoms with E-state index in [1.807, 2.05) is 50.2 Å². The molecule has 0 heterocycles. The molecule has 0 unspecified atom stereocenters. The molecule has 0 saturated heterocycles. The summed E-state index contributed by atoms with van der Waals surface area (Å²) < 4.78 is 5.73. The van der Waals surface area contributed by atoms with E-state index in [0.717, 1.165) is 16.7 Å². The Morgan fingerprint density at radius 1 is 1.17 bits per heavy atom. The van der Waals surface area contributed by atoms with Gasteiger partial charge in [0.15, 0.2) is 5.75 Å². The van der Waals surface area contributed by atoms with Crippen molar-refractivity contribution in [2.45, 2.75) is 20.5 Å². The first-order valence-corrected chi connectivity index (χ1v) is 6.19. The maximum Gasteiger partial charge on any atom is 0.161 e. The molecule has 0 atom stereocenters. The highest BCUT2D eigenvalue weighted by atomic mass is 35.5. The minimum absolute atomic E-state index is 0.466. The third-order valence-corrected chi connectivity index (χ3v) is 3.44. The summed E-state index contributed by atoms with van der Waals surface area (Å²) in [6.07, 6.45) is 0. The zero-order valence-electron chi connectivity index (χ0n) is 10.5. The lowest BCUT2D eigenvalue weighted by atomic mass is 10.1. The maximum atomic E-state index is 6.27. The molecule has 2 nitrogen and oxygen atoms in total. The Morgan fingerprint density at radius 2 is 1.83 bits per heavy atom. The lowest BCUT2D eigenvalue weighted by molar-refractivity contribution is 0.308. The fourth-order valence-electron chi connectivity index (χ4n) is 1.75. The van der Waals surface area contributed by atoms with Crippen LogP contribution in [-0.2, 0) is 6.61 Å². The molecule has 2 aromatic rings. The van der Waals surface area contributed by atoms with Crippen molar-refractivity contribution in [2.75, 3.05) is 5.73 Å². The van der Waals surface area contributed by atoms with Crippen molar-refractivity contribution in [1.82, 2.24) is 0 Å². The molecular weight excluding hydrogens is 246 g/mol. The maximum absolute atomic E-state index is 6.27. The number of anilines is 1. The van der Waals surface area contributed by atoms with Gasteiger partial charge < -0.3 is 10.5 Å². The van der Waals surface area contributed by atoms with Crippen LogP contribution in [-0.4, -0.2) is 0 Å². The van der Waals surface area contributed by atoms with Gasteiger partial charge >= 0.3 is 0 Å². The van der Waals surface area contributed by atoms with E-state index in [4.69, 9.17) is 22.1 Å². The molecule has 0 spiro atoms. The average molecular weight is 262 g/mol. The molecule has 2 rings (SSSR count). The summed E-state index contributed by atoms with van der Waals surface area (Å²) in [5.41, 5.74) is 9.70. The first-order chi connectivity index (χ1) is 8.59. The summed E-state index contributed by atoms with van der Waals surface area (Å²) in [4.78, 5) is 0. The number of nitrogen functional groups attached to an aromatic ring is 1. The number of ether oxygens (including phenoxy) is 1. The Labute approximate surface area is 112 Å². The molecule has 0 aromatic heterocycles. The van der Waals surface area contributed by atoms with Crippen molar-refractivity contribution in [3.05, 3.63) is 58.1 Å². The quantitative estimate of drug-likeness (QED) is 0.844. The number of aryl methyl sites for hydroxylation is 1. The lowest BCUT2D eigenvalue weighted by Crippen LogP contribution is -2.01. The highest BCUT2D eigenvalue weighted by molar-refractivity contribution is 6.33. The van der Waals surface area contributed by atoms with E-state index >= 15 is 0 Å². The van der Waals surface area contributed by atoms with E-state index in [1.54, 1.807) is 0 Å². The van der Waals surface area contributed by atoms with Gasteiger partial charge in [0.1, 0.15) is 6.61 Å². The summed E-state index contributed by atoms with van der Waals surface area (Å²) in [6, 6.07) is 11.8. The van der Waals surface area contributed by atoms with Crippen LogP contribution in [0.5, 0.6) is 5.75 Å². The fourth-order valence-corrected chi connectivity index (χ4v) is 2.07. The van der Waals surface area contributed by atoms with Crippen LogP contribution in [0.3, 0.4) is 0 Å². The second-order valence-corrected chi connectivity index (χ2v) is 4.70. The first-order valence-electron chi connectivity index (χ1n) is 5.81. The van der Waals surface area contributed by atoms with Gasteiger partial charge in [0.25, 0.3) is 0 Å². The molecule has 0 fully saturated rings. The van der Waals surface area contributed by atoms with Gasteiger partial charge in [-0.25, -0.2) is 0 Å². The van der Waals surface area contributed by atoms with Crippen molar-refractivity contribution in [3.63, 3.8) is 0 Å². The molecule has 0 radical (unpaired) electrons. The van der Waals surface area contributed by atoms with Crippen LogP contribution in [0, 0.1) is 13.8 Å². The standard InChI is InChI=1S/C15H16ClNO/c1-10-8-13(17)15(14(16)11(10)2)18-9-12-6-4-3-5-7-12/h3-8H,9,17H2,1-2H3. The molecular formula is C15H16ClNO. The molecule has 0 saturated carbocycles. The van der Waals surface area contributed by atoms with Gasteiger partial charge in [0.2, 0.25) is 0 Å². The molecule has 0 amide bonds. The third-order valence-electron chi connectivity index (χ3n) is 2.98. The van der Waals surface area contributed by atoms with Crippen LogP contribution in [0.2, 0.25) is 5.02 Å². The molecule has 2 aromatic carbocycles. The number of rotatable bonds is 3. The van der Waals surface area contributed by atoms with Gasteiger partial charge in [-0.1, -0.05) is 41.9 Å². The van der Waals surface area contributed by atoms with Crippen LogP contribution < -0.4 is 10.5 Å². The number of hydrogen-bond acceptors (Lipinski definition) is 2. The Balaban J connectivity index is 2.22. The summed E-state index contributed by atoms with van der Waals surface area (Å²) in [5, 5.41) is 0.600. The predicted octanol–water partition coefficient (Wildman–Crippen LogP) is 4.12. The summed E-state index contributed by atoms with van der Waals surface area (Å²) in [6.45, 7) is 4.41. The van der Waals surface area contributed by atoms with Crippen LogP contribution in [0.4, 0.5) is 5.69 Å². The van der Waals surface area contributed by atoms with E-state index in [2.05, 4.69) is 0 Å². The number of halogens is 1. The van der Waals surface area contributed by atoms with Crippen molar-refractivity contribution < 1.29 is 4.74 Å². The van der Waals surface area contributed by atoms with E-state index in [1.165, 1.54) is 0 Å². The summed E-state index contributed by atoms with van der Waals surface area (Å²) in [5.74, 6) is 0.573. The van der Waals surface area contributed by atoms with Gasteiger partial charge in [0.05, 0.1) is 10.7 Å². The minimum atomic E-state index is 0.466. The summed E-state index contributed by atoms with van der Waals surface area (Å²) in [7, 11) is 0. The Morgan fingerprint density at radius 3 is 2.50 bits per heavy atom. The second kappa shape index (κ2) is 5.32. The predicted molar refractivity (Wildman–Crippen MR) is 76.1 cm³/mol. The van der Waals surface area contributed by atoms with Crippen molar-refractivity contribution in [3.8, 4) is 5.75 Å². The number of nitrogens with two attached hydrogens (primary N) is 1. The van der Waals surface area contributed by atoms with Crippen LogP contribution in [0.1, 0.15) is 16.7 Å². The molecule has 0 aliphatic rings. The lowest BCUT2D eigenvalue weighted by Gasteiger charge is -2.14. The highest BCUT2D eigenvalue weighted by Crippen LogP contribution is 2.36. The smallest absolute Gasteiger partial charge is 0.161 e. The molecule has 94 valence electrons. The normalized spacial score (nSPS) is 10.4.